The Hall–Kier alpha value is -3.65. The van der Waals surface area contributed by atoms with E-state index in [1.807, 2.05) is 60.7 Å². The summed E-state index contributed by atoms with van der Waals surface area (Å²) in [7, 11) is -2.31. The number of phenols is 2. The molecule has 0 saturated carbocycles. The molecule has 1 radical (unpaired) electrons. The summed E-state index contributed by atoms with van der Waals surface area (Å²) >= 11 is 0. The molecule has 7 heteroatoms. The van der Waals surface area contributed by atoms with Gasteiger partial charge in [0, 0.05) is 20.1 Å². The molecule has 6 N–H and O–H groups in total. The molecule has 0 aliphatic heterocycles. The Morgan fingerprint density at radius 2 is 0.512 bits per heavy atom. The fourth-order valence-corrected chi connectivity index (χ4v) is 9.96. The first-order valence-corrected chi connectivity index (χ1v) is 16.2. The first-order chi connectivity index (χ1) is 19.7. The van der Waals surface area contributed by atoms with Crippen LogP contribution in [-0.2, 0) is 20.1 Å². The number of benzene rings is 6. The van der Waals surface area contributed by atoms with Crippen molar-refractivity contribution < 1.29 is 41.3 Å². The van der Waals surface area contributed by atoms with E-state index in [1.165, 1.54) is 21.2 Å². The number of phenolic OH excluding ortho intramolecular Hbond substituents is 2. The quantitative estimate of drug-likeness (QED) is 0.257. The molecule has 4 nitrogen and oxygen atoms in total. The number of rotatable bonds is 6. The molecule has 0 saturated heterocycles. The van der Waals surface area contributed by atoms with Crippen LogP contribution in [0.5, 0.6) is 11.5 Å². The molecule has 0 amide bonds. The van der Waals surface area contributed by atoms with Gasteiger partial charge in [0.25, 0.3) is 0 Å². The monoisotopic (exact) mass is 693 g/mol. The van der Waals surface area contributed by atoms with E-state index in [4.69, 9.17) is 0 Å². The maximum atomic E-state index is 10.2. The van der Waals surface area contributed by atoms with Crippen LogP contribution in [0.2, 0.25) is 0 Å². The molecular formula is C36H36O4P2Tc+2. The van der Waals surface area contributed by atoms with Gasteiger partial charge in [-0.15, -0.1) is 0 Å². The van der Waals surface area contributed by atoms with Gasteiger partial charge in [0.05, 0.1) is 0 Å². The molecule has 0 aliphatic carbocycles. The fourth-order valence-electron chi connectivity index (χ4n) is 4.74. The van der Waals surface area contributed by atoms with Gasteiger partial charge in [-0.05, 0) is 72.8 Å². The third kappa shape index (κ3) is 9.17. The maximum absolute atomic E-state index is 10.2. The van der Waals surface area contributed by atoms with Gasteiger partial charge in [-0.1, -0.05) is 97.1 Å². The van der Waals surface area contributed by atoms with Crippen LogP contribution in [0.3, 0.4) is 0 Å². The number of hydrogen-bond donors (Lipinski definition) is 2. The van der Waals surface area contributed by atoms with Crippen molar-refractivity contribution in [3.63, 3.8) is 0 Å². The molecule has 0 fully saturated rings. The van der Waals surface area contributed by atoms with Gasteiger partial charge >= 0.3 is 0 Å². The van der Waals surface area contributed by atoms with E-state index >= 15 is 0 Å². The van der Waals surface area contributed by atoms with Crippen molar-refractivity contribution in [3.8, 4) is 11.5 Å². The van der Waals surface area contributed by atoms with Crippen molar-refractivity contribution in [2.24, 2.45) is 0 Å². The molecule has 0 atom stereocenters. The summed E-state index contributed by atoms with van der Waals surface area (Å²) in [5.74, 6) is 0.767. The van der Waals surface area contributed by atoms with E-state index in [0.717, 1.165) is 10.6 Å². The Morgan fingerprint density at radius 1 is 0.302 bits per heavy atom. The normalized spacial score (nSPS) is 9.91. The SMILES string of the molecule is O.O.Oc1ccccc1[PH+](c1ccccc1)c1ccccc1.Oc1ccccc1[PH+](c1ccccc1)c1ccccc1.[99Tc]. The molecule has 0 spiro atoms. The standard InChI is InChI=1S/2C18H15OP.2H2O.Tc/c2*19-17-13-7-8-14-18(17)20(15-9-3-1-4-10-15)16-11-5-2-6-12-16;;;/h2*1-14,19H;2*1H2;/p+2/i;;;;1+1. The molecule has 0 aliphatic rings. The third-order valence-electron chi connectivity index (χ3n) is 6.60. The van der Waals surface area contributed by atoms with Crippen LogP contribution in [0, 0.1) is 0 Å². The van der Waals surface area contributed by atoms with Gasteiger partial charge in [-0.3, -0.25) is 0 Å². The number of para-hydroxylation sites is 2. The Bertz CT molecular complexity index is 1420. The molecule has 0 bridgehead atoms. The minimum Gasteiger partial charge on any atom is -0.504 e. The van der Waals surface area contributed by atoms with E-state index < -0.39 is 15.8 Å². The maximum Gasteiger partial charge on any atom is 0.158 e. The van der Waals surface area contributed by atoms with E-state index in [0.29, 0.717) is 11.5 Å². The predicted molar refractivity (Wildman–Crippen MR) is 184 cm³/mol. The molecule has 6 aromatic rings. The second-order valence-corrected chi connectivity index (χ2v) is 14.1. The molecule has 6 aromatic carbocycles. The van der Waals surface area contributed by atoms with Gasteiger partial charge in [0.15, 0.2) is 11.5 Å². The van der Waals surface area contributed by atoms with E-state index in [-0.39, 0.29) is 31.1 Å². The summed E-state index contributed by atoms with van der Waals surface area (Å²) in [5, 5.41) is 27.7. The fraction of sp³-hybridized carbons (Fsp3) is 0. The Labute approximate surface area is 269 Å². The van der Waals surface area contributed by atoms with Gasteiger partial charge in [0.1, 0.15) is 47.7 Å². The van der Waals surface area contributed by atoms with Crippen LogP contribution in [0.15, 0.2) is 170 Å². The van der Waals surface area contributed by atoms with Crippen molar-refractivity contribution in [1.29, 1.82) is 0 Å². The summed E-state index contributed by atoms with van der Waals surface area (Å²) in [5.41, 5.74) is 0. The van der Waals surface area contributed by atoms with Crippen LogP contribution in [0.25, 0.3) is 0 Å². The minimum atomic E-state index is -1.16. The zero-order valence-corrected chi connectivity index (χ0v) is 27.3. The van der Waals surface area contributed by atoms with E-state index in [9.17, 15) is 10.2 Å². The van der Waals surface area contributed by atoms with Crippen molar-refractivity contribution >= 4 is 47.7 Å². The second-order valence-electron chi connectivity index (χ2n) is 9.25. The smallest absolute Gasteiger partial charge is 0.158 e. The predicted octanol–water partition coefficient (Wildman–Crippen LogP) is 4.11. The zero-order valence-electron chi connectivity index (χ0n) is 23.4. The van der Waals surface area contributed by atoms with Crippen LogP contribution >= 0.6 is 15.8 Å². The van der Waals surface area contributed by atoms with Crippen LogP contribution in [0.4, 0.5) is 0 Å². The van der Waals surface area contributed by atoms with Crippen molar-refractivity contribution in [2.45, 2.75) is 0 Å². The Morgan fingerprint density at radius 3 is 0.744 bits per heavy atom. The Kier molecular flexibility index (Phi) is 15.0. The zero-order chi connectivity index (χ0) is 27.6. The van der Waals surface area contributed by atoms with Crippen LogP contribution in [0.1, 0.15) is 0 Å². The first-order valence-electron chi connectivity index (χ1n) is 13.2. The van der Waals surface area contributed by atoms with Gasteiger partial charge in [0.2, 0.25) is 0 Å². The Balaban J connectivity index is 0.000000281. The summed E-state index contributed by atoms with van der Waals surface area (Å²) < 4.78 is 0. The van der Waals surface area contributed by atoms with E-state index in [2.05, 4.69) is 97.1 Å². The molecule has 219 valence electrons. The van der Waals surface area contributed by atoms with E-state index in [1.54, 1.807) is 12.1 Å². The van der Waals surface area contributed by atoms with Crippen molar-refractivity contribution in [3.05, 3.63) is 170 Å². The summed E-state index contributed by atoms with van der Waals surface area (Å²) in [6, 6.07) is 57.1. The molecular weight excluding hydrogens is 657 g/mol. The number of aromatic hydroxyl groups is 2. The molecule has 0 unspecified atom stereocenters. The summed E-state index contributed by atoms with van der Waals surface area (Å²) in [4.78, 5) is 0. The number of hydrogen-bond acceptors (Lipinski definition) is 2. The molecule has 0 heterocycles. The molecule has 43 heavy (non-hydrogen) atoms. The van der Waals surface area contributed by atoms with Crippen molar-refractivity contribution in [2.75, 3.05) is 0 Å². The van der Waals surface area contributed by atoms with Gasteiger partial charge in [-0.2, -0.15) is 0 Å². The topological polar surface area (TPSA) is 103 Å². The third-order valence-corrected chi connectivity index (χ3v) is 12.2. The van der Waals surface area contributed by atoms with Crippen LogP contribution < -0.4 is 31.8 Å². The van der Waals surface area contributed by atoms with Gasteiger partial charge < -0.3 is 21.2 Å². The second kappa shape index (κ2) is 18.1. The van der Waals surface area contributed by atoms with Gasteiger partial charge in [-0.25, -0.2) is 0 Å². The molecule has 0 aromatic heterocycles. The van der Waals surface area contributed by atoms with Crippen molar-refractivity contribution in [1.82, 2.24) is 0 Å². The summed E-state index contributed by atoms with van der Waals surface area (Å²) in [6.45, 7) is 0. The minimum absolute atomic E-state index is 0. The summed E-state index contributed by atoms with van der Waals surface area (Å²) in [6.07, 6.45) is 0. The van der Waals surface area contributed by atoms with Crippen LogP contribution in [-0.4, -0.2) is 21.2 Å². The largest absolute Gasteiger partial charge is 0.504 e. The average Bonchev–Trinajstić information content (AvgIpc) is 3.02. The molecule has 6 rings (SSSR count). The average molecular weight is 694 g/mol. The first kappa shape index (κ1) is 35.5.